The molecule has 0 saturated heterocycles. The highest BCUT2D eigenvalue weighted by Gasteiger charge is 2.21. The molecule has 2 N–H and O–H groups in total. The molecule has 0 fully saturated rings. The highest BCUT2D eigenvalue weighted by atomic mass is 79.9. The number of benzene rings is 1. The summed E-state index contributed by atoms with van der Waals surface area (Å²) >= 11 is 3.24. The van der Waals surface area contributed by atoms with Gasteiger partial charge in [0.05, 0.1) is 0 Å². The van der Waals surface area contributed by atoms with Crippen LogP contribution in [-0.2, 0) is 11.3 Å². The molecule has 0 spiro atoms. The molecule has 4 nitrogen and oxygen atoms in total. The molecule has 1 amide bonds. The smallest absolute Gasteiger partial charge is 0.407 e. The molecule has 0 bridgehead atoms. The van der Waals surface area contributed by atoms with Crippen molar-refractivity contribution in [2.24, 2.45) is 5.92 Å². The van der Waals surface area contributed by atoms with E-state index >= 15 is 0 Å². The average molecular weight is 389 g/mol. The monoisotopic (exact) mass is 388 g/mol. The van der Waals surface area contributed by atoms with Gasteiger partial charge in [0, 0.05) is 29.2 Å². The standard InChI is InChI=1S/C17H26BrFN2O2/c1-11(2)15(21-16(22)23-17(3,4)5)10-20-9-12-6-7-13(18)8-14(12)19/h6-8,11,15,20H,9-10H2,1-5H3,(H,21,22). The highest BCUT2D eigenvalue weighted by Crippen LogP contribution is 2.15. The minimum atomic E-state index is -0.528. The fourth-order valence-corrected chi connectivity index (χ4v) is 2.27. The van der Waals surface area contributed by atoms with E-state index in [9.17, 15) is 9.18 Å². The van der Waals surface area contributed by atoms with E-state index in [1.165, 1.54) is 6.07 Å². The summed E-state index contributed by atoms with van der Waals surface area (Å²) < 4.78 is 19.8. The van der Waals surface area contributed by atoms with Crippen molar-refractivity contribution < 1.29 is 13.9 Å². The predicted octanol–water partition coefficient (Wildman–Crippen LogP) is 4.23. The Hall–Kier alpha value is -1.14. The predicted molar refractivity (Wildman–Crippen MR) is 93.8 cm³/mol. The molecule has 1 unspecified atom stereocenters. The second kappa shape index (κ2) is 8.64. The fraction of sp³-hybridized carbons (Fsp3) is 0.588. The Bertz CT molecular complexity index is 530. The van der Waals surface area contributed by atoms with Crippen molar-refractivity contribution in [3.8, 4) is 0 Å². The van der Waals surface area contributed by atoms with Crippen molar-refractivity contribution >= 4 is 22.0 Å². The maximum absolute atomic E-state index is 13.8. The molecular formula is C17H26BrFN2O2. The van der Waals surface area contributed by atoms with Crippen LogP contribution in [0.3, 0.4) is 0 Å². The zero-order valence-electron chi connectivity index (χ0n) is 14.4. The number of alkyl carbamates (subject to hydrolysis) is 1. The Morgan fingerprint density at radius 2 is 2.00 bits per heavy atom. The molecule has 130 valence electrons. The van der Waals surface area contributed by atoms with Crippen LogP contribution in [0.15, 0.2) is 22.7 Å². The van der Waals surface area contributed by atoms with Gasteiger partial charge in [-0.1, -0.05) is 35.8 Å². The average Bonchev–Trinajstić information content (AvgIpc) is 2.37. The molecule has 1 atom stereocenters. The zero-order chi connectivity index (χ0) is 17.6. The van der Waals surface area contributed by atoms with Gasteiger partial charge < -0.3 is 15.4 Å². The van der Waals surface area contributed by atoms with Crippen molar-refractivity contribution in [3.05, 3.63) is 34.1 Å². The van der Waals surface area contributed by atoms with Crippen molar-refractivity contribution in [2.75, 3.05) is 6.54 Å². The summed E-state index contributed by atoms with van der Waals surface area (Å²) in [6.07, 6.45) is -0.437. The lowest BCUT2D eigenvalue weighted by atomic mass is 10.0. The van der Waals surface area contributed by atoms with Gasteiger partial charge in [0.25, 0.3) is 0 Å². The van der Waals surface area contributed by atoms with E-state index in [4.69, 9.17) is 4.74 Å². The lowest BCUT2D eigenvalue weighted by molar-refractivity contribution is 0.0490. The zero-order valence-corrected chi connectivity index (χ0v) is 16.0. The number of hydrogen-bond acceptors (Lipinski definition) is 3. The van der Waals surface area contributed by atoms with Gasteiger partial charge in [-0.15, -0.1) is 0 Å². The number of carbonyl (C=O) groups is 1. The molecule has 1 rings (SSSR count). The Kier molecular flexibility index (Phi) is 7.48. The number of rotatable bonds is 6. The first-order valence-electron chi connectivity index (χ1n) is 7.72. The third-order valence-corrected chi connectivity index (χ3v) is 3.69. The maximum atomic E-state index is 13.8. The minimum Gasteiger partial charge on any atom is -0.444 e. The van der Waals surface area contributed by atoms with Crippen LogP contribution >= 0.6 is 15.9 Å². The number of amides is 1. The van der Waals surface area contributed by atoms with Crippen molar-refractivity contribution in [3.63, 3.8) is 0 Å². The SMILES string of the molecule is CC(C)C(CNCc1ccc(Br)cc1F)NC(=O)OC(C)(C)C. The second-order valence-electron chi connectivity index (χ2n) is 6.86. The van der Waals surface area contributed by atoms with Crippen LogP contribution in [0.1, 0.15) is 40.2 Å². The maximum Gasteiger partial charge on any atom is 0.407 e. The third-order valence-electron chi connectivity index (χ3n) is 3.20. The molecule has 0 aliphatic carbocycles. The summed E-state index contributed by atoms with van der Waals surface area (Å²) in [5, 5.41) is 6.04. The van der Waals surface area contributed by atoms with Gasteiger partial charge in [-0.25, -0.2) is 9.18 Å². The lowest BCUT2D eigenvalue weighted by Gasteiger charge is -2.26. The molecule has 0 aliphatic heterocycles. The van der Waals surface area contributed by atoms with E-state index in [1.54, 1.807) is 12.1 Å². The van der Waals surface area contributed by atoms with Crippen LogP contribution in [0, 0.1) is 11.7 Å². The van der Waals surface area contributed by atoms with Gasteiger partial charge in [-0.2, -0.15) is 0 Å². The van der Waals surface area contributed by atoms with Crippen LogP contribution in [0.5, 0.6) is 0 Å². The van der Waals surface area contributed by atoms with Crippen LogP contribution in [0.4, 0.5) is 9.18 Å². The Morgan fingerprint density at radius 3 is 2.52 bits per heavy atom. The molecule has 6 heteroatoms. The number of hydrogen-bond donors (Lipinski definition) is 2. The van der Waals surface area contributed by atoms with E-state index < -0.39 is 11.7 Å². The van der Waals surface area contributed by atoms with Gasteiger partial charge in [0.2, 0.25) is 0 Å². The summed E-state index contributed by atoms with van der Waals surface area (Å²) in [7, 11) is 0. The number of ether oxygens (including phenoxy) is 1. The molecular weight excluding hydrogens is 363 g/mol. The molecule has 0 heterocycles. The summed E-state index contributed by atoms with van der Waals surface area (Å²) in [6.45, 7) is 10.4. The summed E-state index contributed by atoms with van der Waals surface area (Å²) in [6, 6.07) is 4.89. The molecule has 23 heavy (non-hydrogen) atoms. The van der Waals surface area contributed by atoms with Crippen molar-refractivity contribution in [1.82, 2.24) is 10.6 Å². The first-order valence-corrected chi connectivity index (χ1v) is 8.52. The van der Waals surface area contributed by atoms with E-state index in [0.29, 0.717) is 23.1 Å². The first-order chi connectivity index (χ1) is 10.6. The summed E-state index contributed by atoms with van der Waals surface area (Å²) in [4.78, 5) is 11.9. The molecule has 1 aromatic rings. The summed E-state index contributed by atoms with van der Waals surface area (Å²) in [5.41, 5.74) is 0.0625. The molecule has 0 radical (unpaired) electrons. The molecule has 0 aromatic heterocycles. The number of halogens is 2. The third kappa shape index (κ3) is 7.79. The Labute approximate surface area is 146 Å². The lowest BCUT2D eigenvalue weighted by Crippen LogP contribution is -2.47. The van der Waals surface area contributed by atoms with Gasteiger partial charge >= 0.3 is 6.09 Å². The normalized spacial score (nSPS) is 13.0. The first kappa shape index (κ1) is 19.9. The molecule has 1 aromatic carbocycles. The summed E-state index contributed by atoms with van der Waals surface area (Å²) in [5.74, 6) is -0.0298. The topological polar surface area (TPSA) is 50.4 Å². The van der Waals surface area contributed by atoms with Crippen LogP contribution in [0.2, 0.25) is 0 Å². The minimum absolute atomic E-state index is 0.0941. The van der Waals surface area contributed by atoms with Crippen LogP contribution < -0.4 is 10.6 Å². The van der Waals surface area contributed by atoms with E-state index in [0.717, 1.165) is 0 Å². The van der Waals surface area contributed by atoms with Crippen LogP contribution in [-0.4, -0.2) is 24.3 Å². The van der Waals surface area contributed by atoms with Gasteiger partial charge in [-0.05, 0) is 38.8 Å². The van der Waals surface area contributed by atoms with E-state index in [2.05, 4.69) is 26.6 Å². The Morgan fingerprint density at radius 1 is 1.35 bits per heavy atom. The second-order valence-corrected chi connectivity index (χ2v) is 7.78. The molecule has 0 aliphatic rings. The van der Waals surface area contributed by atoms with Crippen LogP contribution in [0.25, 0.3) is 0 Å². The van der Waals surface area contributed by atoms with Gasteiger partial charge in [0.15, 0.2) is 0 Å². The fourth-order valence-electron chi connectivity index (χ4n) is 1.94. The van der Waals surface area contributed by atoms with Gasteiger partial charge in [-0.3, -0.25) is 0 Å². The van der Waals surface area contributed by atoms with Gasteiger partial charge in [0.1, 0.15) is 11.4 Å². The largest absolute Gasteiger partial charge is 0.444 e. The van der Waals surface area contributed by atoms with Crippen molar-refractivity contribution in [1.29, 1.82) is 0 Å². The van der Waals surface area contributed by atoms with E-state index in [1.807, 2.05) is 34.6 Å². The Balaban J connectivity index is 2.52. The quantitative estimate of drug-likeness (QED) is 0.766. The van der Waals surface area contributed by atoms with E-state index in [-0.39, 0.29) is 17.8 Å². The highest BCUT2D eigenvalue weighted by molar-refractivity contribution is 9.10. The molecule has 0 saturated carbocycles. The number of nitrogens with one attached hydrogen (secondary N) is 2. The number of carbonyl (C=O) groups excluding carboxylic acids is 1. The van der Waals surface area contributed by atoms with Crippen molar-refractivity contribution in [2.45, 2.75) is 52.8 Å².